The number of hydrogen-bond donors (Lipinski definition) is 0. The molecule has 0 aliphatic carbocycles. The fourth-order valence-corrected chi connectivity index (χ4v) is 3.19. The van der Waals surface area contributed by atoms with Gasteiger partial charge in [0, 0.05) is 55.7 Å². The summed E-state index contributed by atoms with van der Waals surface area (Å²) in [6, 6.07) is 4.31. The summed E-state index contributed by atoms with van der Waals surface area (Å²) >= 11 is 0. The lowest BCUT2D eigenvalue weighted by atomic mass is 10.1. The van der Waals surface area contributed by atoms with Crippen molar-refractivity contribution < 1.29 is 9.15 Å². The normalized spacial score (nSPS) is 17.9. The molecule has 1 aliphatic heterocycles. The molecule has 0 saturated carbocycles. The number of imidazole rings is 1. The summed E-state index contributed by atoms with van der Waals surface area (Å²) in [6.07, 6.45) is 9.08. The van der Waals surface area contributed by atoms with Crippen LogP contribution in [0.25, 0.3) is 0 Å². The number of aryl methyl sites for hydroxylation is 1. The third-order valence-electron chi connectivity index (χ3n) is 4.36. The van der Waals surface area contributed by atoms with Crippen molar-refractivity contribution in [1.29, 1.82) is 0 Å². The third kappa shape index (κ3) is 3.88. The Labute approximate surface area is 146 Å². The van der Waals surface area contributed by atoms with Crippen molar-refractivity contribution in [3.05, 3.63) is 60.3 Å². The number of fused-ring (bicyclic) bond motifs is 1. The van der Waals surface area contributed by atoms with Crippen LogP contribution >= 0.6 is 0 Å². The van der Waals surface area contributed by atoms with Crippen LogP contribution in [-0.4, -0.2) is 37.6 Å². The Morgan fingerprint density at radius 3 is 3.12 bits per heavy atom. The maximum atomic E-state index is 5.86. The summed E-state index contributed by atoms with van der Waals surface area (Å²) in [5.74, 6) is 0.325. The molecule has 0 radical (unpaired) electrons. The molecular formula is C18H21N5O2. The van der Waals surface area contributed by atoms with Crippen molar-refractivity contribution in [3.8, 4) is 6.01 Å². The molecule has 0 unspecified atom stereocenters. The Balaban J connectivity index is 1.46. The van der Waals surface area contributed by atoms with Crippen LogP contribution in [0.15, 0.2) is 47.8 Å². The Morgan fingerprint density at radius 1 is 1.32 bits per heavy atom. The van der Waals surface area contributed by atoms with Crippen LogP contribution in [0.3, 0.4) is 0 Å². The number of hydrogen-bond acceptors (Lipinski definition) is 6. The summed E-state index contributed by atoms with van der Waals surface area (Å²) in [7, 11) is 0. The van der Waals surface area contributed by atoms with Crippen LogP contribution < -0.4 is 4.74 Å². The summed E-state index contributed by atoms with van der Waals surface area (Å²) in [5.41, 5.74) is 3.30. The van der Waals surface area contributed by atoms with E-state index in [0.717, 1.165) is 31.9 Å². The average molecular weight is 339 g/mol. The van der Waals surface area contributed by atoms with E-state index in [2.05, 4.69) is 24.4 Å². The Morgan fingerprint density at radius 2 is 2.28 bits per heavy atom. The van der Waals surface area contributed by atoms with Crippen LogP contribution in [0, 0.1) is 12.8 Å². The van der Waals surface area contributed by atoms with Crippen molar-refractivity contribution in [2.75, 3.05) is 13.2 Å². The smallest absolute Gasteiger partial charge is 0.316 e. The van der Waals surface area contributed by atoms with Gasteiger partial charge in [-0.15, -0.1) is 0 Å². The van der Waals surface area contributed by atoms with Gasteiger partial charge in [0.2, 0.25) is 0 Å². The highest BCUT2D eigenvalue weighted by molar-refractivity contribution is 5.07. The van der Waals surface area contributed by atoms with Crippen molar-refractivity contribution in [2.24, 2.45) is 5.92 Å². The van der Waals surface area contributed by atoms with E-state index in [4.69, 9.17) is 9.15 Å². The number of aromatic nitrogens is 4. The molecule has 0 bridgehead atoms. The van der Waals surface area contributed by atoms with Gasteiger partial charge in [0.05, 0.1) is 31.2 Å². The van der Waals surface area contributed by atoms with E-state index >= 15 is 0 Å². The average Bonchev–Trinajstić information content (AvgIpc) is 3.22. The first-order valence-corrected chi connectivity index (χ1v) is 8.41. The molecule has 4 heterocycles. The molecule has 3 aromatic heterocycles. The van der Waals surface area contributed by atoms with E-state index in [1.807, 2.05) is 31.6 Å². The SMILES string of the molecule is Cc1ccnc(OC[C@@H]2CN(Cc3ccoc3)Cc3cncn3C2)n1. The van der Waals surface area contributed by atoms with Gasteiger partial charge in [-0.3, -0.25) is 4.90 Å². The summed E-state index contributed by atoms with van der Waals surface area (Å²) in [6.45, 7) is 6.02. The molecule has 1 atom stereocenters. The predicted octanol–water partition coefficient (Wildman–Crippen LogP) is 2.29. The van der Waals surface area contributed by atoms with Crippen LogP contribution in [0.5, 0.6) is 6.01 Å². The Bertz CT molecular complexity index is 815. The molecule has 7 heteroatoms. The molecule has 7 nitrogen and oxygen atoms in total. The highest BCUT2D eigenvalue weighted by Gasteiger charge is 2.23. The molecule has 0 aromatic carbocycles. The topological polar surface area (TPSA) is 69.2 Å². The first-order valence-electron chi connectivity index (χ1n) is 8.41. The van der Waals surface area contributed by atoms with Crippen LogP contribution in [-0.2, 0) is 19.6 Å². The molecule has 0 spiro atoms. The van der Waals surface area contributed by atoms with Gasteiger partial charge < -0.3 is 13.7 Å². The highest BCUT2D eigenvalue weighted by Crippen LogP contribution is 2.19. The molecular weight excluding hydrogens is 318 g/mol. The molecule has 0 saturated heterocycles. The van der Waals surface area contributed by atoms with Gasteiger partial charge in [0.15, 0.2) is 0 Å². The van der Waals surface area contributed by atoms with E-state index < -0.39 is 0 Å². The Hall–Kier alpha value is -2.67. The van der Waals surface area contributed by atoms with Gasteiger partial charge in [-0.05, 0) is 19.1 Å². The first kappa shape index (κ1) is 15.8. The second kappa shape index (κ2) is 7.06. The van der Waals surface area contributed by atoms with Crippen molar-refractivity contribution in [3.63, 3.8) is 0 Å². The maximum absolute atomic E-state index is 5.86. The quantitative estimate of drug-likeness (QED) is 0.710. The van der Waals surface area contributed by atoms with Gasteiger partial charge in [0.25, 0.3) is 0 Å². The number of ether oxygens (including phenoxy) is 1. The highest BCUT2D eigenvalue weighted by atomic mass is 16.5. The molecule has 3 aromatic rings. The largest absolute Gasteiger partial charge is 0.472 e. The minimum absolute atomic E-state index is 0.325. The second-order valence-corrected chi connectivity index (χ2v) is 6.50. The van der Waals surface area contributed by atoms with E-state index in [1.54, 1.807) is 18.7 Å². The maximum Gasteiger partial charge on any atom is 0.316 e. The monoisotopic (exact) mass is 339 g/mol. The van der Waals surface area contributed by atoms with Gasteiger partial charge >= 0.3 is 6.01 Å². The van der Waals surface area contributed by atoms with Crippen molar-refractivity contribution in [2.45, 2.75) is 26.6 Å². The van der Waals surface area contributed by atoms with Gasteiger partial charge in [0.1, 0.15) is 0 Å². The van der Waals surface area contributed by atoms with Crippen molar-refractivity contribution >= 4 is 0 Å². The zero-order valence-corrected chi connectivity index (χ0v) is 14.2. The lowest BCUT2D eigenvalue weighted by Crippen LogP contribution is -2.30. The lowest BCUT2D eigenvalue weighted by molar-refractivity contribution is 0.160. The molecule has 0 amide bonds. The van der Waals surface area contributed by atoms with Gasteiger partial charge in [-0.1, -0.05) is 0 Å². The van der Waals surface area contributed by atoms with E-state index in [1.165, 1.54) is 11.3 Å². The molecule has 0 N–H and O–H groups in total. The van der Waals surface area contributed by atoms with Crippen LogP contribution in [0.4, 0.5) is 0 Å². The van der Waals surface area contributed by atoms with E-state index in [-0.39, 0.29) is 0 Å². The lowest BCUT2D eigenvalue weighted by Gasteiger charge is -2.23. The zero-order chi connectivity index (χ0) is 17.1. The first-order chi connectivity index (χ1) is 12.3. The molecule has 25 heavy (non-hydrogen) atoms. The van der Waals surface area contributed by atoms with E-state index in [9.17, 15) is 0 Å². The summed E-state index contributed by atoms with van der Waals surface area (Å²) in [4.78, 5) is 15.2. The van der Waals surface area contributed by atoms with Gasteiger partial charge in [-0.25, -0.2) is 15.0 Å². The minimum atomic E-state index is 0.325. The number of nitrogens with zero attached hydrogens (tertiary/aromatic N) is 5. The molecule has 1 aliphatic rings. The number of rotatable bonds is 5. The minimum Gasteiger partial charge on any atom is -0.472 e. The van der Waals surface area contributed by atoms with Gasteiger partial charge in [-0.2, -0.15) is 0 Å². The molecule has 130 valence electrons. The van der Waals surface area contributed by atoms with Crippen LogP contribution in [0.2, 0.25) is 0 Å². The fraction of sp³-hybridized carbons (Fsp3) is 0.389. The second-order valence-electron chi connectivity index (χ2n) is 6.50. The standard InChI is InChI=1S/C18H21N5O2/c1-14-2-4-20-18(21-14)25-12-16-8-22(7-15-3-5-24-11-15)10-17-6-19-13-23(17)9-16/h2-6,11,13,16H,7-10,12H2,1H3/t16-/m1/s1. The Kier molecular flexibility index (Phi) is 4.47. The van der Waals surface area contributed by atoms with Crippen LogP contribution in [0.1, 0.15) is 17.0 Å². The molecule has 4 rings (SSSR count). The van der Waals surface area contributed by atoms with E-state index in [0.29, 0.717) is 18.5 Å². The van der Waals surface area contributed by atoms with Crippen molar-refractivity contribution in [1.82, 2.24) is 24.4 Å². The molecule has 0 fully saturated rings. The summed E-state index contributed by atoms with van der Waals surface area (Å²) < 4.78 is 13.3. The number of furan rings is 1. The third-order valence-corrected chi connectivity index (χ3v) is 4.36. The summed E-state index contributed by atoms with van der Waals surface area (Å²) in [5, 5.41) is 0. The predicted molar refractivity (Wildman–Crippen MR) is 90.8 cm³/mol. The zero-order valence-electron chi connectivity index (χ0n) is 14.2. The fourth-order valence-electron chi connectivity index (χ4n) is 3.19.